The first-order chi connectivity index (χ1) is 18.0. The van der Waals surface area contributed by atoms with Gasteiger partial charge in [0.1, 0.15) is 11.3 Å². The number of nitrogens with zero attached hydrogens (tertiary/aromatic N) is 3. The number of aromatic nitrogens is 2. The molecule has 0 bridgehead atoms. The van der Waals surface area contributed by atoms with Crippen molar-refractivity contribution in [1.82, 2.24) is 14.9 Å². The maximum Gasteiger partial charge on any atom is 0.410 e. The third-order valence-corrected chi connectivity index (χ3v) is 6.63. The second-order valence-electron chi connectivity index (χ2n) is 10.3. The van der Waals surface area contributed by atoms with E-state index in [-0.39, 0.29) is 17.9 Å². The van der Waals surface area contributed by atoms with Gasteiger partial charge in [-0.3, -0.25) is 9.78 Å². The maximum absolute atomic E-state index is 13.4. The second-order valence-corrected chi connectivity index (χ2v) is 10.3. The number of carbonyl (C=O) groups excluding carboxylic acids is 2. The minimum atomic E-state index is -0.510. The van der Waals surface area contributed by atoms with Crippen LogP contribution in [0.1, 0.15) is 55.7 Å². The van der Waals surface area contributed by atoms with Gasteiger partial charge in [-0.05, 0) is 51.8 Å². The number of aromatic amines is 1. The average molecular weight is 525 g/mol. The number of ether oxygens (including phenoxy) is 4. The fourth-order valence-electron chi connectivity index (χ4n) is 4.61. The number of piperidine rings is 1. The number of fused-ring (bicyclic) bond motifs is 1. The largest absolute Gasteiger partial charge is 0.493 e. The molecule has 1 aromatic carbocycles. The third-order valence-electron chi connectivity index (χ3n) is 6.63. The number of rotatable bonds is 6. The van der Waals surface area contributed by atoms with Crippen molar-refractivity contribution in [3.63, 3.8) is 0 Å². The van der Waals surface area contributed by atoms with Crippen LogP contribution in [0, 0.1) is 0 Å². The van der Waals surface area contributed by atoms with Crippen LogP contribution in [-0.2, 0) is 4.74 Å². The van der Waals surface area contributed by atoms with Crippen LogP contribution in [0.4, 0.5) is 10.5 Å². The Balaban J connectivity index is 1.49. The Labute approximate surface area is 222 Å². The van der Waals surface area contributed by atoms with Crippen LogP contribution in [-0.4, -0.2) is 73.9 Å². The van der Waals surface area contributed by atoms with Gasteiger partial charge in [-0.2, -0.15) is 0 Å². The number of hydrogen-bond acceptors (Lipinski definition) is 7. The Morgan fingerprint density at radius 2 is 1.63 bits per heavy atom. The standard InChI is InChI=1S/C28H36N4O6/c1-28(2,3)38-27(34)32-12-10-17(11-13-32)19-8-9-20-21(29-19)16-22(30-20)26(33)31(4)18-14-23(35-5)25(37-7)24(15-18)36-6/h8-9,14-17,30H,10-13H2,1-7H3. The summed E-state index contributed by atoms with van der Waals surface area (Å²) in [6.45, 7) is 6.85. The van der Waals surface area contributed by atoms with Crippen molar-refractivity contribution >= 4 is 28.7 Å². The van der Waals surface area contributed by atoms with E-state index in [0.717, 1.165) is 29.6 Å². The van der Waals surface area contributed by atoms with Crippen molar-refractivity contribution in [2.75, 3.05) is 46.4 Å². The molecule has 0 radical (unpaired) electrons. The second kappa shape index (κ2) is 10.8. The molecule has 0 spiro atoms. The maximum atomic E-state index is 13.4. The Kier molecular flexibility index (Phi) is 7.71. The summed E-state index contributed by atoms with van der Waals surface area (Å²) in [5.74, 6) is 1.38. The highest BCUT2D eigenvalue weighted by molar-refractivity contribution is 6.07. The van der Waals surface area contributed by atoms with Gasteiger partial charge >= 0.3 is 6.09 Å². The number of pyridine rings is 1. The SMILES string of the molecule is COc1cc(N(C)C(=O)c2cc3nc(C4CCN(C(=O)OC(C)(C)C)CC4)ccc3[nH]2)cc(OC)c1OC. The number of methoxy groups -OCH3 is 3. The van der Waals surface area contributed by atoms with Gasteiger partial charge < -0.3 is 33.7 Å². The summed E-state index contributed by atoms with van der Waals surface area (Å²) in [6, 6.07) is 9.16. The molecule has 4 rings (SSSR count). The Morgan fingerprint density at radius 3 is 2.18 bits per heavy atom. The molecule has 1 aliphatic rings. The fraction of sp³-hybridized carbons (Fsp3) is 0.464. The van der Waals surface area contributed by atoms with Crippen LogP contribution >= 0.6 is 0 Å². The molecule has 0 atom stereocenters. The molecule has 10 heteroatoms. The summed E-state index contributed by atoms with van der Waals surface area (Å²) in [5.41, 5.74) is 2.95. The minimum Gasteiger partial charge on any atom is -0.493 e. The average Bonchev–Trinajstić information content (AvgIpc) is 3.34. The van der Waals surface area contributed by atoms with Gasteiger partial charge in [-0.15, -0.1) is 0 Å². The van der Waals surface area contributed by atoms with Crippen molar-refractivity contribution in [2.45, 2.75) is 45.1 Å². The third kappa shape index (κ3) is 5.64. The van der Waals surface area contributed by atoms with Crippen LogP contribution in [0.25, 0.3) is 11.0 Å². The predicted molar refractivity (Wildman–Crippen MR) is 145 cm³/mol. The van der Waals surface area contributed by atoms with E-state index in [1.807, 2.05) is 32.9 Å². The lowest BCUT2D eigenvalue weighted by molar-refractivity contribution is 0.0204. The molecule has 1 fully saturated rings. The molecule has 0 saturated carbocycles. The van der Waals surface area contributed by atoms with Gasteiger partial charge in [0.05, 0.1) is 38.1 Å². The molecular formula is C28H36N4O6. The zero-order chi connectivity index (χ0) is 27.6. The molecule has 3 aromatic rings. The van der Waals surface area contributed by atoms with Crippen molar-refractivity contribution < 1.29 is 28.5 Å². The van der Waals surface area contributed by atoms with E-state index >= 15 is 0 Å². The fourth-order valence-corrected chi connectivity index (χ4v) is 4.61. The van der Waals surface area contributed by atoms with Gasteiger partial charge in [0, 0.05) is 43.9 Å². The van der Waals surface area contributed by atoms with Crippen molar-refractivity contribution in [3.8, 4) is 17.2 Å². The molecule has 38 heavy (non-hydrogen) atoms. The zero-order valence-electron chi connectivity index (χ0n) is 23.1. The first-order valence-corrected chi connectivity index (χ1v) is 12.6. The monoisotopic (exact) mass is 524 g/mol. The molecule has 1 N–H and O–H groups in total. The molecule has 204 valence electrons. The van der Waals surface area contributed by atoms with Crippen LogP contribution in [0.3, 0.4) is 0 Å². The quantitative estimate of drug-likeness (QED) is 0.485. The molecule has 2 aromatic heterocycles. The van der Waals surface area contributed by atoms with E-state index in [1.165, 1.54) is 26.2 Å². The van der Waals surface area contributed by atoms with Crippen molar-refractivity contribution in [2.24, 2.45) is 0 Å². The number of nitrogens with one attached hydrogen (secondary N) is 1. The first kappa shape index (κ1) is 27.1. The summed E-state index contributed by atoms with van der Waals surface area (Å²) in [6.07, 6.45) is 1.33. The van der Waals surface area contributed by atoms with Crippen LogP contribution in [0.2, 0.25) is 0 Å². The Hall–Kier alpha value is -3.95. The molecule has 10 nitrogen and oxygen atoms in total. The highest BCUT2D eigenvalue weighted by Gasteiger charge is 2.28. The molecule has 2 amide bonds. The van der Waals surface area contributed by atoms with E-state index in [9.17, 15) is 9.59 Å². The topological polar surface area (TPSA) is 106 Å². The summed E-state index contributed by atoms with van der Waals surface area (Å²) >= 11 is 0. The van der Waals surface area contributed by atoms with Crippen molar-refractivity contribution in [3.05, 3.63) is 41.7 Å². The molecule has 0 unspecified atom stereocenters. The number of carbonyl (C=O) groups is 2. The normalized spacial score (nSPS) is 14.3. The van der Waals surface area contributed by atoms with Crippen molar-refractivity contribution in [1.29, 1.82) is 0 Å². The zero-order valence-corrected chi connectivity index (χ0v) is 23.1. The van der Waals surface area contributed by atoms with Gasteiger partial charge in [-0.25, -0.2) is 4.79 Å². The van der Waals surface area contributed by atoms with E-state index in [1.54, 1.807) is 30.1 Å². The lowest BCUT2D eigenvalue weighted by atomic mass is 9.93. The van der Waals surface area contributed by atoms with Gasteiger partial charge in [-0.1, -0.05) is 0 Å². The number of anilines is 1. The molecule has 1 saturated heterocycles. The number of amides is 2. The summed E-state index contributed by atoms with van der Waals surface area (Å²) < 4.78 is 21.7. The van der Waals surface area contributed by atoms with Crippen LogP contribution in [0.15, 0.2) is 30.3 Å². The number of hydrogen-bond donors (Lipinski definition) is 1. The molecular weight excluding hydrogens is 488 g/mol. The number of likely N-dealkylation sites (tertiary alicyclic amines) is 1. The predicted octanol–water partition coefficient (Wildman–Crippen LogP) is 4.98. The van der Waals surface area contributed by atoms with E-state index in [4.69, 9.17) is 23.9 Å². The molecule has 0 aliphatic carbocycles. The number of benzene rings is 1. The summed E-state index contributed by atoms with van der Waals surface area (Å²) in [5, 5.41) is 0. The van der Waals surface area contributed by atoms with Crippen LogP contribution < -0.4 is 19.1 Å². The summed E-state index contributed by atoms with van der Waals surface area (Å²) in [7, 11) is 6.29. The van der Waals surface area contributed by atoms with E-state index in [0.29, 0.717) is 41.7 Å². The highest BCUT2D eigenvalue weighted by atomic mass is 16.6. The van der Waals surface area contributed by atoms with Gasteiger partial charge in [0.2, 0.25) is 5.75 Å². The van der Waals surface area contributed by atoms with Crippen LogP contribution in [0.5, 0.6) is 17.2 Å². The Morgan fingerprint density at radius 1 is 1.00 bits per heavy atom. The van der Waals surface area contributed by atoms with Gasteiger partial charge in [0.25, 0.3) is 5.91 Å². The lowest BCUT2D eigenvalue weighted by Gasteiger charge is -2.33. The van der Waals surface area contributed by atoms with E-state index in [2.05, 4.69) is 4.98 Å². The Bertz CT molecular complexity index is 1300. The van der Waals surface area contributed by atoms with E-state index < -0.39 is 5.60 Å². The summed E-state index contributed by atoms with van der Waals surface area (Å²) in [4.78, 5) is 37.1. The minimum absolute atomic E-state index is 0.231. The number of H-pyrrole nitrogens is 1. The smallest absolute Gasteiger partial charge is 0.410 e. The van der Waals surface area contributed by atoms with Gasteiger partial charge in [0.15, 0.2) is 11.5 Å². The lowest BCUT2D eigenvalue weighted by Crippen LogP contribution is -2.41. The first-order valence-electron chi connectivity index (χ1n) is 12.6. The molecule has 1 aliphatic heterocycles. The highest BCUT2D eigenvalue weighted by Crippen LogP contribution is 2.41. The molecule has 3 heterocycles.